The minimum atomic E-state index is -3.92. The minimum absolute atomic E-state index is 0. The van der Waals surface area contributed by atoms with Crippen LogP contribution in [0.5, 0.6) is 0 Å². The molecule has 0 bridgehead atoms. The molecule has 2 fully saturated rings. The summed E-state index contributed by atoms with van der Waals surface area (Å²) in [5, 5.41) is 12.3. The molecule has 44 heavy (non-hydrogen) atoms. The molecule has 3 heterocycles. The van der Waals surface area contributed by atoms with E-state index in [1.807, 2.05) is 19.1 Å². The molecule has 12 heteroatoms. The Morgan fingerprint density at radius 1 is 0.977 bits per heavy atom. The number of amides is 1. The highest BCUT2D eigenvalue weighted by atomic mass is 35.5. The number of halogens is 1. The highest BCUT2D eigenvalue weighted by Gasteiger charge is 2.48. The molecule has 3 aromatic carbocycles. The lowest BCUT2D eigenvalue weighted by molar-refractivity contribution is -0.132. The zero-order valence-corrected chi connectivity index (χ0v) is 27.1. The summed E-state index contributed by atoms with van der Waals surface area (Å²) in [6.45, 7) is 3.59. The van der Waals surface area contributed by atoms with Gasteiger partial charge in [0, 0.05) is 29.4 Å². The Labute approximate surface area is 272 Å². The smallest absolute Gasteiger partial charge is 0.301 e. The lowest BCUT2D eigenvalue weighted by atomic mass is 9.94. The van der Waals surface area contributed by atoms with Crippen molar-refractivity contribution < 1.29 is 23.1 Å². The normalized spacial score (nSPS) is 18.4. The quantitative estimate of drug-likeness (QED) is 0.139. The summed E-state index contributed by atoms with van der Waals surface area (Å²) in [4.78, 5) is 35.2. The third kappa shape index (κ3) is 5.77. The number of ketones is 1. The van der Waals surface area contributed by atoms with Crippen LogP contribution in [0, 0.1) is 6.92 Å². The second kappa shape index (κ2) is 12.8. The third-order valence-corrected chi connectivity index (χ3v) is 11.2. The van der Waals surface area contributed by atoms with Crippen molar-refractivity contribution in [1.29, 1.82) is 0 Å². The number of hydrogen-bond donors (Lipinski definition) is 1. The number of carbonyl (C=O) groups is 2. The number of thiazole rings is 1. The number of anilines is 2. The Bertz CT molecular complexity index is 1870. The first-order valence-corrected chi connectivity index (χ1v) is 16.5. The van der Waals surface area contributed by atoms with Crippen LogP contribution in [0.4, 0.5) is 10.8 Å². The molecule has 0 aliphatic carbocycles. The Balaban J connectivity index is 0.00000384. The Morgan fingerprint density at radius 2 is 1.70 bits per heavy atom. The summed E-state index contributed by atoms with van der Waals surface area (Å²) in [7, 11) is -3.92. The van der Waals surface area contributed by atoms with E-state index in [0.29, 0.717) is 16.1 Å². The predicted molar refractivity (Wildman–Crippen MR) is 178 cm³/mol. The number of hydrogen-bond acceptors (Lipinski definition) is 8. The standard InChI is InChI=1S/C32H28ClN3O5S2.H2S/c1-20-13-14-24(25(17-20)35-15-6-3-7-16-35)29(37)27-28(21-9-8-10-22(33)18-21)36(31(39)30(27)38)32-34-19-26(42-32)43(40,41)23-11-4-2-5-12-23;/h2,4-5,8-14,17-19,28,37H,3,6-7,15-16H2,1H3;1H2. The lowest BCUT2D eigenvalue weighted by Gasteiger charge is -2.31. The summed E-state index contributed by atoms with van der Waals surface area (Å²) in [5.74, 6) is -2.12. The van der Waals surface area contributed by atoms with Gasteiger partial charge in [-0.2, -0.15) is 13.5 Å². The van der Waals surface area contributed by atoms with E-state index in [0.717, 1.165) is 59.8 Å². The van der Waals surface area contributed by atoms with E-state index in [-0.39, 0.29) is 39.1 Å². The molecule has 2 saturated heterocycles. The maximum absolute atomic E-state index is 13.8. The summed E-state index contributed by atoms with van der Waals surface area (Å²) in [5.41, 5.74) is 2.60. The number of aryl methyl sites for hydroxylation is 1. The van der Waals surface area contributed by atoms with E-state index in [4.69, 9.17) is 11.6 Å². The van der Waals surface area contributed by atoms with Crippen LogP contribution in [0.2, 0.25) is 5.02 Å². The monoisotopic (exact) mass is 667 g/mol. The summed E-state index contributed by atoms with van der Waals surface area (Å²) in [6, 6.07) is 19.1. The van der Waals surface area contributed by atoms with E-state index in [1.165, 1.54) is 18.3 Å². The van der Waals surface area contributed by atoms with Gasteiger partial charge < -0.3 is 10.0 Å². The fourth-order valence-electron chi connectivity index (χ4n) is 5.61. The van der Waals surface area contributed by atoms with Crippen LogP contribution in [0.15, 0.2) is 93.7 Å². The fourth-order valence-corrected chi connectivity index (χ4v) is 8.37. The van der Waals surface area contributed by atoms with Crippen molar-refractivity contribution >= 4 is 74.5 Å². The van der Waals surface area contributed by atoms with Crippen LogP contribution in [0.25, 0.3) is 5.76 Å². The number of Topliss-reactive ketones (excluding diaryl/α,β-unsaturated/α-hetero) is 1. The number of aromatic nitrogens is 1. The van der Waals surface area contributed by atoms with Crippen LogP contribution in [0.3, 0.4) is 0 Å². The van der Waals surface area contributed by atoms with Crippen LogP contribution in [-0.2, 0) is 19.4 Å². The van der Waals surface area contributed by atoms with E-state index < -0.39 is 27.6 Å². The van der Waals surface area contributed by atoms with Crippen LogP contribution in [-0.4, -0.2) is 43.3 Å². The van der Waals surface area contributed by atoms with Crippen molar-refractivity contribution in [3.05, 3.63) is 106 Å². The summed E-state index contributed by atoms with van der Waals surface area (Å²) < 4.78 is 26.5. The molecule has 2 aliphatic heterocycles. The van der Waals surface area contributed by atoms with E-state index in [2.05, 4.69) is 9.88 Å². The average Bonchev–Trinajstić information content (AvgIpc) is 3.61. The van der Waals surface area contributed by atoms with Gasteiger partial charge in [-0.25, -0.2) is 13.4 Å². The number of nitrogens with zero attached hydrogens (tertiary/aromatic N) is 3. The van der Waals surface area contributed by atoms with Gasteiger partial charge in [-0.05, 0) is 73.7 Å². The van der Waals surface area contributed by atoms with Gasteiger partial charge in [0.05, 0.1) is 22.7 Å². The first kappa shape index (κ1) is 31.8. The molecule has 1 aromatic heterocycles. The molecule has 0 radical (unpaired) electrons. The average molecular weight is 668 g/mol. The maximum Gasteiger partial charge on any atom is 0.301 e. The van der Waals surface area contributed by atoms with Gasteiger partial charge in [-0.15, -0.1) is 0 Å². The Hall–Kier alpha value is -3.64. The van der Waals surface area contributed by atoms with Crippen molar-refractivity contribution in [1.82, 2.24) is 4.98 Å². The largest absolute Gasteiger partial charge is 0.507 e. The van der Waals surface area contributed by atoms with Crippen molar-refractivity contribution in [3.8, 4) is 0 Å². The number of benzene rings is 3. The zero-order chi connectivity index (χ0) is 30.3. The molecule has 2 aliphatic rings. The molecule has 8 nitrogen and oxygen atoms in total. The highest BCUT2D eigenvalue weighted by Crippen LogP contribution is 2.45. The second-order valence-electron chi connectivity index (χ2n) is 10.6. The first-order chi connectivity index (χ1) is 20.7. The maximum atomic E-state index is 13.8. The van der Waals surface area contributed by atoms with Crippen molar-refractivity contribution in [2.75, 3.05) is 22.9 Å². The van der Waals surface area contributed by atoms with Crippen LogP contribution >= 0.6 is 36.4 Å². The highest BCUT2D eigenvalue weighted by molar-refractivity contribution is 7.93. The lowest BCUT2D eigenvalue weighted by Crippen LogP contribution is -2.30. The van der Waals surface area contributed by atoms with Gasteiger partial charge in [0.15, 0.2) is 5.13 Å². The Morgan fingerprint density at radius 3 is 2.41 bits per heavy atom. The van der Waals surface area contributed by atoms with Gasteiger partial charge >= 0.3 is 5.91 Å². The molecule has 1 N–H and O–H groups in total. The molecule has 1 amide bonds. The van der Waals surface area contributed by atoms with Gasteiger partial charge in [0.25, 0.3) is 5.78 Å². The van der Waals surface area contributed by atoms with Crippen molar-refractivity contribution in [2.45, 2.75) is 41.3 Å². The first-order valence-electron chi connectivity index (χ1n) is 13.9. The van der Waals surface area contributed by atoms with Crippen LogP contribution in [0.1, 0.15) is 42.0 Å². The molecule has 228 valence electrons. The summed E-state index contributed by atoms with van der Waals surface area (Å²) >= 11 is 7.13. The molecular weight excluding hydrogens is 638 g/mol. The molecule has 6 rings (SSSR count). The predicted octanol–water partition coefficient (Wildman–Crippen LogP) is 6.67. The van der Waals surface area contributed by atoms with Gasteiger partial charge in [-0.1, -0.05) is 59.3 Å². The van der Waals surface area contributed by atoms with E-state index >= 15 is 0 Å². The number of sulfone groups is 1. The fraction of sp³-hybridized carbons (Fsp3) is 0.219. The zero-order valence-electron chi connectivity index (χ0n) is 23.7. The van der Waals surface area contributed by atoms with Gasteiger partial charge in [-0.3, -0.25) is 14.5 Å². The van der Waals surface area contributed by atoms with E-state index in [9.17, 15) is 23.1 Å². The topological polar surface area (TPSA) is 108 Å². The second-order valence-corrected chi connectivity index (χ2v) is 14.2. The Kier molecular flexibility index (Phi) is 9.22. The number of piperidine rings is 1. The summed E-state index contributed by atoms with van der Waals surface area (Å²) in [6.07, 6.45) is 4.34. The molecule has 0 saturated carbocycles. The van der Waals surface area contributed by atoms with Crippen LogP contribution < -0.4 is 9.80 Å². The molecule has 0 spiro atoms. The molecule has 4 aromatic rings. The number of rotatable bonds is 6. The number of aliphatic hydroxyl groups is 1. The molecule has 1 unspecified atom stereocenters. The van der Waals surface area contributed by atoms with E-state index in [1.54, 1.807) is 48.5 Å². The molecular formula is C32H30ClN3O5S3. The van der Waals surface area contributed by atoms with Crippen molar-refractivity contribution in [2.24, 2.45) is 0 Å². The van der Waals surface area contributed by atoms with Gasteiger partial charge in [0.2, 0.25) is 9.84 Å². The van der Waals surface area contributed by atoms with Gasteiger partial charge in [0.1, 0.15) is 9.97 Å². The minimum Gasteiger partial charge on any atom is -0.507 e. The number of carbonyl (C=O) groups excluding carboxylic acids is 2. The third-order valence-electron chi connectivity index (χ3n) is 7.71. The number of aliphatic hydroxyl groups excluding tert-OH is 1. The van der Waals surface area contributed by atoms with Crippen molar-refractivity contribution in [3.63, 3.8) is 0 Å². The SMILES string of the molecule is Cc1ccc(C(O)=C2C(=O)C(=O)N(c3ncc(S(=O)(=O)c4ccccc4)s3)C2c2cccc(Cl)c2)c(N2CCCCC2)c1.S. The molecule has 1 atom stereocenters.